The van der Waals surface area contributed by atoms with Gasteiger partial charge in [0.1, 0.15) is 0 Å². The molecule has 0 bridgehead atoms. The van der Waals surface area contributed by atoms with E-state index in [0.29, 0.717) is 19.3 Å². The van der Waals surface area contributed by atoms with Gasteiger partial charge in [0.15, 0.2) is 5.78 Å². The Morgan fingerprint density at radius 1 is 1.10 bits per heavy atom. The van der Waals surface area contributed by atoms with E-state index in [4.69, 9.17) is 0 Å². The van der Waals surface area contributed by atoms with Crippen LogP contribution in [-0.4, -0.2) is 41.9 Å². The number of fused-ring (bicyclic) bond motifs is 1. The van der Waals surface area contributed by atoms with Crippen molar-refractivity contribution in [1.29, 1.82) is 0 Å². The molecular formula is C21H28F3N3O4. The van der Waals surface area contributed by atoms with E-state index in [-0.39, 0.29) is 23.2 Å². The fraction of sp³-hybridized carbons (Fsp3) is 0.714. The molecule has 172 valence electrons. The van der Waals surface area contributed by atoms with Crippen LogP contribution >= 0.6 is 0 Å². The number of hydrogen-bond donors (Lipinski definition) is 3. The zero-order chi connectivity index (χ0) is 23.3. The Hall–Kier alpha value is -2.39. The monoisotopic (exact) mass is 443 g/mol. The van der Waals surface area contributed by atoms with Crippen molar-refractivity contribution in [3.8, 4) is 0 Å². The Labute approximate surface area is 178 Å². The van der Waals surface area contributed by atoms with Crippen LogP contribution in [0.15, 0.2) is 12.7 Å². The molecule has 0 spiro atoms. The predicted molar refractivity (Wildman–Crippen MR) is 104 cm³/mol. The van der Waals surface area contributed by atoms with Crippen LogP contribution < -0.4 is 16.0 Å². The van der Waals surface area contributed by atoms with Crippen LogP contribution in [0, 0.1) is 35.0 Å². The average Bonchev–Trinajstić information content (AvgIpc) is 3.52. The average molecular weight is 443 g/mol. The lowest BCUT2D eigenvalue weighted by Crippen LogP contribution is -2.53. The van der Waals surface area contributed by atoms with Crippen LogP contribution in [0.5, 0.6) is 0 Å². The van der Waals surface area contributed by atoms with Gasteiger partial charge in [0.05, 0.1) is 18.1 Å². The second-order valence-corrected chi connectivity index (χ2v) is 9.45. The van der Waals surface area contributed by atoms with Crippen molar-refractivity contribution in [3.63, 3.8) is 0 Å². The van der Waals surface area contributed by atoms with E-state index in [1.807, 2.05) is 19.2 Å². The number of carbonyl (C=O) groups is 4. The molecule has 31 heavy (non-hydrogen) atoms. The van der Waals surface area contributed by atoms with Gasteiger partial charge < -0.3 is 16.0 Å². The number of Topliss-reactive ketones (excluding diaryl/α,β-unsaturated/α-hetero) is 1. The number of hydrogen-bond acceptors (Lipinski definition) is 4. The van der Waals surface area contributed by atoms with Gasteiger partial charge in [-0.1, -0.05) is 20.4 Å². The fourth-order valence-electron chi connectivity index (χ4n) is 5.18. The zero-order valence-electron chi connectivity index (χ0n) is 17.7. The molecule has 3 fully saturated rings. The quantitative estimate of drug-likeness (QED) is 0.392. The Morgan fingerprint density at radius 3 is 2.23 bits per heavy atom. The van der Waals surface area contributed by atoms with Crippen molar-refractivity contribution in [1.82, 2.24) is 16.0 Å². The first-order valence-electron chi connectivity index (χ1n) is 10.4. The molecular weight excluding hydrogens is 415 g/mol. The third kappa shape index (κ3) is 4.62. The number of carbonyl (C=O) groups excluding carboxylic acids is 4. The van der Waals surface area contributed by atoms with Crippen LogP contribution in [0.2, 0.25) is 0 Å². The van der Waals surface area contributed by atoms with Gasteiger partial charge in [0, 0.05) is 5.92 Å². The molecule has 3 amide bonds. The van der Waals surface area contributed by atoms with E-state index in [0.717, 1.165) is 6.08 Å². The van der Waals surface area contributed by atoms with Crippen LogP contribution in [0.3, 0.4) is 0 Å². The van der Waals surface area contributed by atoms with Crippen LogP contribution in [-0.2, 0) is 19.2 Å². The number of nitrogens with one attached hydrogen (secondary N) is 3. The molecule has 0 heterocycles. The summed E-state index contributed by atoms with van der Waals surface area (Å²) in [4.78, 5) is 49.2. The number of ketones is 1. The Morgan fingerprint density at radius 2 is 1.71 bits per heavy atom. The lowest BCUT2D eigenvalue weighted by molar-refractivity contribution is -0.175. The van der Waals surface area contributed by atoms with E-state index in [2.05, 4.69) is 17.2 Å². The van der Waals surface area contributed by atoms with Gasteiger partial charge in [0.2, 0.25) is 11.8 Å². The van der Waals surface area contributed by atoms with Crippen LogP contribution in [0.1, 0.15) is 40.0 Å². The molecule has 3 saturated carbocycles. The number of amides is 3. The minimum Gasteiger partial charge on any atom is -0.338 e. The van der Waals surface area contributed by atoms with E-state index in [9.17, 15) is 32.3 Å². The summed E-state index contributed by atoms with van der Waals surface area (Å²) in [5, 5.41) is 7.06. The van der Waals surface area contributed by atoms with E-state index < -0.39 is 53.7 Å². The first kappa shape index (κ1) is 23.3. The highest BCUT2D eigenvalue weighted by atomic mass is 19.4. The van der Waals surface area contributed by atoms with E-state index in [1.165, 1.54) is 0 Å². The lowest BCUT2D eigenvalue weighted by atomic mass is 9.78. The lowest BCUT2D eigenvalue weighted by Gasteiger charge is -2.29. The minimum absolute atomic E-state index is 0.0815. The van der Waals surface area contributed by atoms with Crippen molar-refractivity contribution in [2.24, 2.45) is 35.0 Å². The number of halogens is 3. The molecule has 1 unspecified atom stereocenters. The Bertz CT molecular complexity index is 806. The van der Waals surface area contributed by atoms with E-state index in [1.54, 1.807) is 6.92 Å². The molecule has 0 aliphatic heterocycles. The van der Waals surface area contributed by atoms with E-state index >= 15 is 0 Å². The summed E-state index contributed by atoms with van der Waals surface area (Å²) in [5.41, 5.74) is -0.156. The first-order chi connectivity index (χ1) is 14.3. The largest absolute Gasteiger partial charge is 0.471 e. The summed E-state index contributed by atoms with van der Waals surface area (Å²) in [5.74, 6) is -5.35. The second-order valence-electron chi connectivity index (χ2n) is 9.45. The van der Waals surface area contributed by atoms with Crippen molar-refractivity contribution < 1.29 is 32.3 Å². The molecule has 3 aliphatic rings. The third-order valence-electron chi connectivity index (χ3n) is 6.98. The Balaban J connectivity index is 1.76. The molecule has 10 heteroatoms. The number of alkyl halides is 3. The summed E-state index contributed by atoms with van der Waals surface area (Å²) in [6, 6.07) is -1.24. The second kappa shape index (κ2) is 7.94. The van der Waals surface area contributed by atoms with Crippen LogP contribution in [0.4, 0.5) is 13.2 Å². The van der Waals surface area contributed by atoms with Crippen molar-refractivity contribution in [2.45, 2.75) is 58.4 Å². The Kier molecular flexibility index (Phi) is 5.96. The molecule has 0 aromatic carbocycles. The zero-order valence-corrected chi connectivity index (χ0v) is 17.7. The smallest absolute Gasteiger partial charge is 0.338 e. The molecule has 0 aromatic heterocycles. The number of rotatable bonds is 8. The van der Waals surface area contributed by atoms with Gasteiger partial charge in [-0.05, 0) is 55.4 Å². The maximum Gasteiger partial charge on any atom is 0.471 e. The SMILES string of the molecule is C=CC(=O)N[C@H](C)NC(=O)[C@H]1C(C(=O)[C@@H](NC(=O)C(F)(F)F)C2CC2)C[C@H]2[C@@H]1C2(C)C. The third-order valence-corrected chi connectivity index (χ3v) is 6.98. The maximum atomic E-state index is 13.2. The van der Waals surface area contributed by atoms with Gasteiger partial charge in [-0.15, -0.1) is 0 Å². The topological polar surface area (TPSA) is 104 Å². The van der Waals surface area contributed by atoms with Gasteiger partial charge in [-0.3, -0.25) is 19.2 Å². The van der Waals surface area contributed by atoms with Crippen molar-refractivity contribution in [3.05, 3.63) is 12.7 Å². The summed E-state index contributed by atoms with van der Waals surface area (Å²) in [6.07, 6.45) is -3.22. The summed E-state index contributed by atoms with van der Waals surface area (Å²) in [7, 11) is 0. The van der Waals surface area contributed by atoms with Crippen molar-refractivity contribution in [2.75, 3.05) is 0 Å². The summed E-state index contributed by atoms with van der Waals surface area (Å²) >= 11 is 0. The first-order valence-corrected chi connectivity index (χ1v) is 10.4. The van der Waals surface area contributed by atoms with Gasteiger partial charge in [-0.25, -0.2) is 0 Å². The molecule has 3 aliphatic carbocycles. The van der Waals surface area contributed by atoms with Gasteiger partial charge >= 0.3 is 12.1 Å². The predicted octanol–water partition coefficient (Wildman–Crippen LogP) is 1.69. The van der Waals surface area contributed by atoms with Gasteiger partial charge in [-0.2, -0.15) is 13.2 Å². The molecule has 7 nitrogen and oxygen atoms in total. The molecule has 0 saturated heterocycles. The molecule has 6 atom stereocenters. The molecule has 3 N–H and O–H groups in total. The summed E-state index contributed by atoms with van der Waals surface area (Å²) < 4.78 is 38.3. The van der Waals surface area contributed by atoms with Crippen molar-refractivity contribution >= 4 is 23.5 Å². The standard InChI is InChI=1S/C21H28F3N3O4/c1-5-13(28)25-9(2)26-18(30)14-11(8-12-15(14)20(12,3)4)17(29)16(10-6-7-10)27-19(31)21(22,23)24/h5,9-12,14-16H,1,6-8H2,2-4H3,(H,25,28)(H,26,30)(H,27,31)/t9-,11?,12-,14-,15-,16-/m0/s1. The molecule has 3 rings (SSSR count). The highest BCUT2D eigenvalue weighted by Gasteiger charge is 2.70. The normalized spacial score (nSPS) is 30.4. The molecule has 0 radical (unpaired) electrons. The minimum atomic E-state index is -5.08. The highest BCUT2D eigenvalue weighted by Crippen LogP contribution is 2.71. The highest BCUT2D eigenvalue weighted by molar-refractivity contribution is 5.96. The maximum absolute atomic E-state index is 13.2. The van der Waals surface area contributed by atoms with Crippen LogP contribution in [0.25, 0.3) is 0 Å². The van der Waals surface area contributed by atoms with Gasteiger partial charge in [0.25, 0.3) is 0 Å². The summed E-state index contributed by atoms with van der Waals surface area (Å²) in [6.45, 7) is 8.90. The fourth-order valence-corrected chi connectivity index (χ4v) is 5.18. The molecule has 0 aromatic rings.